The average Bonchev–Trinajstić information content (AvgIpc) is 3.61. The van der Waals surface area contributed by atoms with Crippen LogP contribution in [0.3, 0.4) is 0 Å². The highest BCUT2D eigenvalue weighted by Crippen LogP contribution is 2.35. The highest BCUT2D eigenvalue weighted by molar-refractivity contribution is 7.07. The fraction of sp³-hybridized carbons (Fsp3) is 0.171. The minimum atomic E-state index is -0.729. The number of rotatable bonds is 7. The predicted molar refractivity (Wildman–Crippen MR) is 171 cm³/mol. The second-order valence-corrected chi connectivity index (χ2v) is 11.9. The number of esters is 1. The Morgan fingerprint density at radius 2 is 1.77 bits per heavy atom. The van der Waals surface area contributed by atoms with Gasteiger partial charge in [0.1, 0.15) is 11.5 Å². The molecule has 0 unspecified atom stereocenters. The minimum Gasteiger partial charge on any atom is -0.463 e. The number of furan rings is 1. The number of halogens is 1. The molecule has 0 aliphatic carbocycles. The first kappa shape index (κ1) is 28.6. The number of ether oxygens (including phenoxy) is 1. The largest absolute Gasteiger partial charge is 0.463 e. The van der Waals surface area contributed by atoms with Crippen molar-refractivity contribution in [3.8, 4) is 11.3 Å². The molecule has 1 aliphatic rings. The summed E-state index contributed by atoms with van der Waals surface area (Å²) in [4.78, 5) is 33.1. The van der Waals surface area contributed by atoms with E-state index < -0.39 is 12.0 Å². The zero-order valence-electron chi connectivity index (χ0n) is 23.9. The number of hydrogen-bond acceptors (Lipinski definition) is 6. The number of carbonyl (C=O) groups excluding carboxylic acids is 1. The third-order valence-corrected chi connectivity index (χ3v) is 8.52. The van der Waals surface area contributed by atoms with E-state index in [-0.39, 0.29) is 12.2 Å². The molecule has 2 aromatic heterocycles. The molecule has 5 aromatic rings. The number of hydrogen-bond donors (Lipinski definition) is 0. The van der Waals surface area contributed by atoms with Gasteiger partial charge in [-0.2, -0.15) is 0 Å². The lowest BCUT2D eigenvalue weighted by Crippen LogP contribution is -2.40. The molecule has 6 nitrogen and oxygen atoms in total. The fourth-order valence-corrected chi connectivity index (χ4v) is 6.35. The van der Waals surface area contributed by atoms with Gasteiger partial charge in [0.15, 0.2) is 4.80 Å². The molecule has 3 heterocycles. The van der Waals surface area contributed by atoms with Crippen LogP contribution in [-0.4, -0.2) is 17.1 Å². The summed E-state index contributed by atoms with van der Waals surface area (Å²) in [5.41, 5.74) is 4.11. The van der Waals surface area contributed by atoms with Crippen molar-refractivity contribution in [2.24, 2.45) is 4.99 Å². The topological polar surface area (TPSA) is 73.8 Å². The maximum atomic E-state index is 14.1. The second kappa shape index (κ2) is 12.0. The number of carbonyl (C=O) groups is 1. The number of aromatic nitrogens is 1. The molecule has 0 fully saturated rings. The van der Waals surface area contributed by atoms with Gasteiger partial charge in [0.25, 0.3) is 5.56 Å². The zero-order valence-corrected chi connectivity index (χ0v) is 25.5. The monoisotopic (exact) mass is 608 g/mol. The average molecular weight is 609 g/mol. The van der Waals surface area contributed by atoms with E-state index in [9.17, 15) is 9.59 Å². The molecule has 0 N–H and O–H groups in total. The van der Waals surface area contributed by atoms with E-state index in [1.165, 1.54) is 11.3 Å². The van der Waals surface area contributed by atoms with Crippen LogP contribution in [-0.2, 0) is 9.53 Å². The van der Waals surface area contributed by atoms with Gasteiger partial charge in [-0.15, -0.1) is 0 Å². The van der Waals surface area contributed by atoms with Crippen LogP contribution in [0.4, 0.5) is 0 Å². The van der Waals surface area contributed by atoms with Crippen LogP contribution >= 0.6 is 22.9 Å². The molecule has 0 saturated heterocycles. The number of benzene rings is 3. The summed E-state index contributed by atoms with van der Waals surface area (Å²) in [6, 6.07) is 27.9. The quantitative estimate of drug-likeness (QED) is 0.187. The predicted octanol–water partition coefficient (Wildman–Crippen LogP) is 6.97. The molecule has 8 heteroatoms. The molecule has 0 amide bonds. The van der Waals surface area contributed by atoms with Crippen LogP contribution in [0.5, 0.6) is 0 Å². The molecular weight excluding hydrogens is 580 g/mol. The number of nitrogens with zero attached hydrogens (tertiary/aromatic N) is 2. The lowest BCUT2D eigenvalue weighted by molar-refractivity contribution is -0.138. The Morgan fingerprint density at radius 1 is 1.02 bits per heavy atom. The normalized spacial score (nSPS) is 15.0. The maximum absolute atomic E-state index is 14.1. The zero-order chi connectivity index (χ0) is 30.1. The molecule has 1 aliphatic heterocycles. The Morgan fingerprint density at radius 3 is 2.47 bits per heavy atom. The highest BCUT2D eigenvalue weighted by atomic mass is 35.5. The third-order valence-electron chi connectivity index (χ3n) is 7.30. The SMILES string of the molecule is CCOC(=O)C1=C(c2ccccc2)N=c2s/c(=C\c3ccc(-c4cccc(Cl)c4)o3)c(=O)n2[C@@H]1c1ccc(C(C)C)cc1. The minimum absolute atomic E-state index is 0.196. The smallest absolute Gasteiger partial charge is 0.338 e. The number of fused-ring (bicyclic) bond motifs is 1. The number of thiazole rings is 1. The maximum Gasteiger partial charge on any atom is 0.338 e. The van der Waals surface area contributed by atoms with Gasteiger partial charge in [0.2, 0.25) is 0 Å². The van der Waals surface area contributed by atoms with Crippen molar-refractivity contribution in [3.63, 3.8) is 0 Å². The summed E-state index contributed by atoms with van der Waals surface area (Å²) in [5.74, 6) is 0.988. The molecule has 0 bridgehead atoms. The summed E-state index contributed by atoms with van der Waals surface area (Å²) >= 11 is 7.43. The second-order valence-electron chi connectivity index (χ2n) is 10.5. The lowest BCUT2D eigenvalue weighted by atomic mass is 9.91. The third kappa shape index (κ3) is 5.66. The Labute approximate surface area is 257 Å². The van der Waals surface area contributed by atoms with Crippen LogP contribution in [0.15, 0.2) is 111 Å². The Hall–Kier alpha value is -4.46. The van der Waals surface area contributed by atoms with Crippen molar-refractivity contribution < 1.29 is 13.9 Å². The van der Waals surface area contributed by atoms with Crippen LogP contribution in [0.25, 0.3) is 23.1 Å². The molecule has 0 spiro atoms. The van der Waals surface area contributed by atoms with Crippen molar-refractivity contribution in [2.75, 3.05) is 6.61 Å². The van der Waals surface area contributed by atoms with Crippen LogP contribution in [0.1, 0.15) is 55.2 Å². The van der Waals surface area contributed by atoms with Crippen molar-refractivity contribution in [3.05, 3.63) is 144 Å². The summed E-state index contributed by atoms with van der Waals surface area (Å²) in [6.45, 7) is 6.22. The highest BCUT2D eigenvalue weighted by Gasteiger charge is 2.35. The van der Waals surface area contributed by atoms with Crippen molar-refractivity contribution in [1.82, 2.24) is 4.57 Å². The first-order valence-electron chi connectivity index (χ1n) is 14.1. The van der Waals surface area contributed by atoms with Gasteiger partial charge in [-0.25, -0.2) is 9.79 Å². The molecule has 43 heavy (non-hydrogen) atoms. The molecule has 216 valence electrons. The Balaban J connectivity index is 1.56. The standard InChI is InChI=1S/C35H29ClN2O4S/c1-4-41-34(40)30-31(23-9-6-5-7-10-23)37-35-38(32(30)24-15-13-22(14-16-24)21(2)3)33(39)29(43-35)20-27-17-18-28(42-27)25-11-8-12-26(36)19-25/h5-21,32H,4H2,1-3H3/b29-20-/t32-/m1/s1. The van der Waals surface area contributed by atoms with Crippen LogP contribution in [0.2, 0.25) is 5.02 Å². The molecule has 0 radical (unpaired) electrons. The van der Waals surface area contributed by atoms with E-state index in [4.69, 9.17) is 25.7 Å². The fourth-order valence-electron chi connectivity index (χ4n) is 5.18. The van der Waals surface area contributed by atoms with E-state index >= 15 is 0 Å². The van der Waals surface area contributed by atoms with Gasteiger partial charge >= 0.3 is 5.97 Å². The molecule has 3 aromatic carbocycles. The van der Waals surface area contributed by atoms with E-state index in [1.807, 2.05) is 84.9 Å². The summed E-state index contributed by atoms with van der Waals surface area (Å²) < 4.78 is 13.7. The van der Waals surface area contributed by atoms with Gasteiger partial charge in [-0.1, -0.05) is 104 Å². The van der Waals surface area contributed by atoms with Gasteiger partial charge in [0, 0.05) is 22.2 Å². The van der Waals surface area contributed by atoms with Gasteiger partial charge < -0.3 is 9.15 Å². The van der Waals surface area contributed by atoms with Crippen molar-refractivity contribution in [1.29, 1.82) is 0 Å². The van der Waals surface area contributed by atoms with Gasteiger partial charge in [0.05, 0.1) is 28.5 Å². The molecule has 1 atom stereocenters. The molecule has 0 saturated carbocycles. The van der Waals surface area contributed by atoms with Crippen LogP contribution in [0, 0.1) is 0 Å². The summed E-state index contributed by atoms with van der Waals surface area (Å²) in [7, 11) is 0. The van der Waals surface area contributed by atoms with Crippen LogP contribution < -0.4 is 14.9 Å². The Bertz CT molecular complexity index is 2020. The Kier molecular flexibility index (Phi) is 8.02. The van der Waals surface area contributed by atoms with E-state index in [2.05, 4.69) is 13.8 Å². The van der Waals surface area contributed by atoms with E-state index in [0.717, 1.165) is 22.3 Å². The molecule has 6 rings (SSSR count). The first-order valence-corrected chi connectivity index (χ1v) is 15.3. The first-order chi connectivity index (χ1) is 20.8. The summed E-state index contributed by atoms with van der Waals surface area (Å²) in [6.07, 6.45) is 1.72. The van der Waals surface area contributed by atoms with E-state index in [0.29, 0.717) is 43.1 Å². The van der Waals surface area contributed by atoms with Crippen molar-refractivity contribution >= 4 is 40.7 Å². The van der Waals surface area contributed by atoms with Gasteiger partial charge in [-0.3, -0.25) is 9.36 Å². The van der Waals surface area contributed by atoms with E-state index in [1.54, 1.807) is 23.6 Å². The lowest BCUT2D eigenvalue weighted by Gasteiger charge is -2.26. The summed E-state index contributed by atoms with van der Waals surface area (Å²) in [5, 5.41) is 0.608. The van der Waals surface area contributed by atoms with Crippen molar-refractivity contribution in [2.45, 2.75) is 32.7 Å². The van der Waals surface area contributed by atoms with Gasteiger partial charge in [-0.05, 0) is 48.2 Å². The molecular formula is C35H29ClN2O4S.